The number of rotatable bonds is 2. The molecule has 2 rings (SSSR count). The molecule has 0 saturated carbocycles. The van der Waals surface area contributed by atoms with Gasteiger partial charge < -0.3 is 15.0 Å². The Morgan fingerprint density at radius 2 is 1.71 bits per heavy atom. The third-order valence-electron chi connectivity index (χ3n) is 3.40. The van der Waals surface area contributed by atoms with Crippen molar-refractivity contribution in [3.63, 3.8) is 0 Å². The van der Waals surface area contributed by atoms with Gasteiger partial charge in [-0.2, -0.15) is 4.73 Å². The second-order valence-electron chi connectivity index (χ2n) is 5.16. The number of hydrogen-bond donors (Lipinski definition) is 0. The molecule has 1 aromatic heterocycles. The lowest BCUT2D eigenvalue weighted by molar-refractivity contribution is -0.605. The predicted octanol–water partition coefficient (Wildman–Crippen LogP) is 0.356. The van der Waals surface area contributed by atoms with E-state index in [9.17, 15) is 5.21 Å². The first-order valence-corrected chi connectivity index (χ1v) is 6.18. The van der Waals surface area contributed by atoms with Gasteiger partial charge in [0.05, 0.1) is 0 Å². The van der Waals surface area contributed by atoms with Crippen molar-refractivity contribution in [2.75, 3.05) is 40.3 Å². The summed E-state index contributed by atoms with van der Waals surface area (Å²) in [7, 11) is 4.37. The molecule has 1 aliphatic rings. The molecule has 0 N–H and O–H groups in total. The summed E-state index contributed by atoms with van der Waals surface area (Å²) in [5.41, 5.74) is 1.26. The average Bonchev–Trinajstić information content (AvgIpc) is 2.44. The van der Waals surface area contributed by atoms with Crippen molar-refractivity contribution in [3.05, 3.63) is 35.3 Å². The van der Waals surface area contributed by atoms with Gasteiger partial charge in [-0.15, -0.1) is 0 Å². The standard InChI is InChI=1S/C13H21N3O/c1-14-7-8-15(2)11-13(10-14)9-12-3-5-16(17)6-4-12/h3-6,13H,7-11H2,1-2H3. The van der Waals surface area contributed by atoms with Gasteiger partial charge in [-0.05, 0) is 32.0 Å². The third kappa shape index (κ3) is 3.68. The van der Waals surface area contributed by atoms with Gasteiger partial charge in [0.2, 0.25) is 0 Å². The normalized spacial score (nSPS) is 20.4. The molecule has 0 bridgehead atoms. The molecule has 0 amide bonds. The number of likely N-dealkylation sites (N-methyl/N-ethyl adjacent to an activating group) is 2. The van der Waals surface area contributed by atoms with E-state index in [1.165, 1.54) is 5.56 Å². The average molecular weight is 235 g/mol. The molecule has 4 nitrogen and oxygen atoms in total. The van der Waals surface area contributed by atoms with Crippen LogP contribution >= 0.6 is 0 Å². The first-order chi connectivity index (χ1) is 8.13. The molecule has 0 aliphatic carbocycles. The van der Waals surface area contributed by atoms with E-state index in [1.54, 1.807) is 12.4 Å². The molecule has 0 radical (unpaired) electrons. The van der Waals surface area contributed by atoms with E-state index in [2.05, 4.69) is 23.9 Å². The summed E-state index contributed by atoms with van der Waals surface area (Å²) >= 11 is 0. The lowest BCUT2D eigenvalue weighted by atomic mass is 9.99. The Morgan fingerprint density at radius 3 is 2.24 bits per heavy atom. The second kappa shape index (κ2) is 5.47. The van der Waals surface area contributed by atoms with Crippen LogP contribution in [0.5, 0.6) is 0 Å². The fraction of sp³-hybridized carbons (Fsp3) is 0.615. The van der Waals surface area contributed by atoms with E-state index in [0.717, 1.165) is 37.3 Å². The van der Waals surface area contributed by atoms with Gasteiger partial charge in [-0.25, -0.2) is 0 Å². The molecule has 0 spiro atoms. The summed E-state index contributed by atoms with van der Waals surface area (Å²) in [6.45, 7) is 4.55. The molecule has 0 atom stereocenters. The quantitative estimate of drug-likeness (QED) is 0.548. The van der Waals surface area contributed by atoms with Gasteiger partial charge >= 0.3 is 0 Å². The highest BCUT2D eigenvalue weighted by atomic mass is 16.5. The molecular formula is C13H21N3O. The fourth-order valence-electron chi connectivity index (χ4n) is 2.51. The van der Waals surface area contributed by atoms with Crippen LogP contribution in [-0.4, -0.2) is 50.1 Å². The lowest BCUT2D eigenvalue weighted by Crippen LogP contribution is -2.28. The van der Waals surface area contributed by atoms with Gasteiger partial charge in [-0.3, -0.25) is 0 Å². The van der Waals surface area contributed by atoms with Crippen LogP contribution < -0.4 is 4.73 Å². The highest BCUT2D eigenvalue weighted by Gasteiger charge is 2.19. The maximum Gasteiger partial charge on any atom is 0.180 e. The molecule has 4 heteroatoms. The SMILES string of the molecule is CN1CCN(C)CC(Cc2cc[n+]([O-])cc2)C1. The van der Waals surface area contributed by atoms with Crippen LogP contribution in [0, 0.1) is 11.1 Å². The molecule has 1 fully saturated rings. The largest absolute Gasteiger partial charge is 0.619 e. The minimum atomic E-state index is 0.648. The first-order valence-electron chi connectivity index (χ1n) is 6.18. The van der Waals surface area contributed by atoms with Crippen LogP contribution in [0.4, 0.5) is 0 Å². The fourth-order valence-corrected chi connectivity index (χ4v) is 2.51. The second-order valence-corrected chi connectivity index (χ2v) is 5.16. The molecule has 17 heavy (non-hydrogen) atoms. The molecule has 0 aromatic carbocycles. The van der Waals surface area contributed by atoms with E-state index in [0.29, 0.717) is 5.92 Å². The maximum absolute atomic E-state index is 11.0. The summed E-state index contributed by atoms with van der Waals surface area (Å²) in [5, 5.41) is 11.0. The Labute approximate surface area is 103 Å². The number of nitrogens with zero attached hydrogens (tertiary/aromatic N) is 3. The van der Waals surface area contributed by atoms with Gasteiger partial charge in [0.15, 0.2) is 12.4 Å². The highest BCUT2D eigenvalue weighted by molar-refractivity contribution is 5.08. The van der Waals surface area contributed by atoms with Gasteiger partial charge in [-0.1, -0.05) is 0 Å². The van der Waals surface area contributed by atoms with Gasteiger partial charge in [0.25, 0.3) is 0 Å². The van der Waals surface area contributed by atoms with Crippen molar-refractivity contribution in [2.45, 2.75) is 6.42 Å². The van der Waals surface area contributed by atoms with Gasteiger partial charge in [0, 0.05) is 38.3 Å². The van der Waals surface area contributed by atoms with Crippen molar-refractivity contribution < 1.29 is 4.73 Å². The van der Waals surface area contributed by atoms with Crippen LogP contribution in [0.3, 0.4) is 0 Å². The Kier molecular flexibility index (Phi) is 3.97. The molecule has 0 unspecified atom stereocenters. The van der Waals surface area contributed by atoms with Crippen molar-refractivity contribution in [1.29, 1.82) is 0 Å². The zero-order valence-corrected chi connectivity index (χ0v) is 10.7. The summed E-state index contributed by atoms with van der Waals surface area (Å²) in [6, 6.07) is 3.86. The van der Waals surface area contributed by atoms with E-state index in [-0.39, 0.29) is 0 Å². The van der Waals surface area contributed by atoms with Gasteiger partial charge in [0.1, 0.15) is 0 Å². The Hall–Kier alpha value is -1.13. The van der Waals surface area contributed by atoms with Crippen LogP contribution in [-0.2, 0) is 6.42 Å². The summed E-state index contributed by atoms with van der Waals surface area (Å²) in [4.78, 5) is 4.79. The molecule has 1 aliphatic heterocycles. The minimum Gasteiger partial charge on any atom is -0.619 e. The number of hydrogen-bond acceptors (Lipinski definition) is 3. The van der Waals surface area contributed by atoms with Crippen molar-refractivity contribution in [3.8, 4) is 0 Å². The minimum absolute atomic E-state index is 0.648. The van der Waals surface area contributed by atoms with E-state index in [1.807, 2.05) is 12.1 Å². The van der Waals surface area contributed by atoms with Crippen molar-refractivity contribution in [1.82, 2.24) is 9.80 Å². The van der Waals surface area contributed by atoms with E-state index < -0.39 is 0 Å². The Morgan fingerprint density at radius 1 is 1.18 bits per heavy atom. The van der Waals surface area contributed by atoms with Crippen LogP contribution in [0.25, 0.3) is 0 Å². The maximum atomic E-state index is 11.0. The van der Waals surface area contributed by atoms with Crippen molar-refractivity contribution >= 4 is 0 Å². The van der Waals surface area contributed by atoms with E-state index in [4.69, 9.17) is 0 Å². The first kappa shape index (κ1) is 12.3. The molecule has 2 heterocycles. The van der Waals surface area contributed by atoms with Crippen LogP contribution in [0.15, 0.2) is 24.5 Å². The molecule has 94 valence electrons. The Balaban J connectivity index is 1.98. The lowest BCUT2D eigenvalue weighted by Gasteiger charge is -2.20. The van der Waals surface area contributed by atoms with Crippen molar-refractivity contribution in [2.24, 2.45) is 5.92 Å². The van der Waals surface area contributed by atoms with E-state index >= 15 is 0 Å². The zero-order chi connectivity index (χ0) is 12.3. The third-order valence-corrected chi connectivity index (χ3v) is 3.40. The Bertz CT molecular complexity index is 340. The molecular weight excluding hydrogens is 214 g/mol. The van der Waals surface area contributed by atoms with Crippen LogP contribution in [0.1, 0.15) is 5.56 Å². The predicted molar refractivity (Wildman–Crippen MR) is 67.6 cm³/mol. The molecule has 1 aromatic rings. The summed E-state index contributed by atoms with van der Waals surface area (Å²) < 4.78 is 0.842. The number of aromatic nitrogens is 1. The smallest absolute Gasteiger partial charge is 0.180 e. The zero-order valence-electron chi connectivity index (χ0n) is 10.7. The monoisotopic (exact) mass is 235 g/mol. The molecule has 1 saturated heterocycles. The summed E-state index contributed by atoms with van der Waals surface area (Å²) in [6.07, 6.45) is 4.22. The summed E-state index contributed by atoms with van der Waals surface area (Å²) in [5.74, 6) is 0.648. The topological polar surface area (TPSA) is 33.4 Å². The van der Waals surface area contributed by atoms with Crippen LogP contribution in [0.2, 0.25) is 0 Å². The highest BCUT2D eigenvalue weighted by Crippen LogP contribution is 2.13. The number of pyridine rings is 1.